The maximum Gasteiger partial charge on any atom is 0.223 e. The van der Waals surface area contributed by atoms with Gasteiger partial charge in [-0.2, -0.15) is 0 Å². The van der Waals surface area contributed by atoms with Crippen LogP contribution in [0, 0.1) is 5.92 Å². The van der Waals surface area contributed by atoms with E-state index in [4.69, 9.17) is 0 Å². The Morgan fingerprint density at radius 1 is 1.17 bits per heavy atom. The van der Waals surface area contributed by atoms with Gasteiger partial charge in [0.1, 0.15) is 6.10 Å². The summed E-state index contributed by atoms with van der Waals surface area (Å²) in [5, 5.41) is 20.9. The minimum Gasteiger partial charge on any atom is -0.386 e. The van der Waals surface area contributed by atoms with Gasteiger partial charge in [0, 0.05) is 42.2 Å². The first-order chi connectivity index (χ1) is 13.7. The number of carbonyl (C=O) groups is 1. The van der Waals surface area contributed by atoms with E-state index in [2.05, 4.69) is 33.1 Å². The first-order valence-corrected chi connectivity index (χ1v) is 10.9. The Morgan fingerprint density at radius 3 is 2.62 bits per heavy atom. The molecule has 29 heavy (non-hydrogen) atoms. The van der Waals surface area contributed by atoms with Crippen molar-refractivity contribution >= 4 is 57.3 Å². The van der Waals surface area contributed by atoms with Crippen LogP contribution in [-0.2, 0) is 4.79 Å². The fourth-order valence-electron chi connectivity index (χ4n) is 3.56. The molecule has 1 unspecified atom stereocenters. The number of hydrogen-bond acceptors (Lipinski definition) is 4. The molecule has 1 aromatic carbocycles. The van der Waals surface area contributed by atoms with Gasteiger partial charge in [-0.1, -0.05) is 37.5 Å². The Kier molecular flexibility index (Phi) is 10.2. The van der Waals surface area contributed by atoms with E-state index in [1.165, 1.54) is 11.1 Å². The van der Waals surface area contributed by atoms with Crippen molar-refractivity contribution in [2.24, 2.45) is 10.9 Å². The normalized spacial score (nSPS) is 16.1. The average Bonchev–Trinajstić information content (AvgIpc) is 3.18. The second kappa shape index (κ2) is 12.3. The van der Waals surface area contributed by atoms with Crippen LogP contribution in [0.1, 0.15) is 43.1 Å². The molecule has 1 aliphatic carbocycles. The van der Waals surface area contributed by atoms with Crippen molar-refractivity contribution in [2.75, 3.05) is 26.7 Å². The molecule has 4 N–H and O–H groups in total. The largest absolute Gasteiger partial charge is 0.386 e. The molecule has 1 amide bonds. The molecule has 3 rings (SSSR count). The molecule has 2 aromatic rings. The molecular formula is C21H31IN4O2S. The van der Waals surface area contributed by atoms with Crippen molar-refractivity contribution in [1.29, 1.82) is 0 Å². The predicted octanol–water partition coefficient (Wildman–Crippen LogP) is 3.41. The van der Waals surface area contributed by atoms with Gasteiger partial charge in [-0.15, -0.1) is 35.3 Å². The summed E-state index contributed by atoms with van der Waals surface area (Å²) in [5.74, 6) is 0.972. The minimum absolute atomic E-state index is 0. The van der Waals surface area contributed by atoms with E-state index in [0.717, 1.165) is 35.9 Å². The number of guanidine groups is 1. The first kappa shape index (κ1) is 23.9. The lowest BCUT2D eigenvalue weighted by Crippen LogP contribution is -2.43. The second-order valence-electron chi connectivity index (χ2n) is 7.21. The van der Waals surface area contributed by atoms with E-state index in [1.807, 2.05) is 18.2 Å². The van der Waals surface area contributed by atoms with Crippen LogP contribution in [0.25, 0.3) is 10.1 Å². The SMILES string of the molecule is CN=C(NCCNC(=O)C1CCCCC1)NCC(O)c1cc2ccccc2s1.I. The molecule has 1 fully saturated rings. The third-order valence-corrected chi connectivity index (χ3v) is 6.37. The number of halogens is 1. The monoisotopic (exact) mass is 530 g/mol. The molecule has 8 heteroatoms. The van der Waals surface area contributed by atoms with Crippen LogP contribution >= 0.6 is 35.3 Å². The lowest BCUT2D eigenvalue weighted by atomic mass is 9.89. The number of amides is 1. The molecule has 1 heterocycles. The zero-order valence-electron chi connectivity index (χ0n) is 16.8. The number of nitrogens with zero attached hydrogens (tertiary/aromatic N) is 1. The summed E-state index contributed by atoms with van der Waals surface area (Å²) in [7, 11) is 1.70. The minimum atomic E-state index is -0.595. The van der Waals surface area contributed by atoms with Crippen LogP contribution in [0.5, 0.6) is 0 Å². The number of aliphatic hydroxyl groups excluding tert-OH is 1. The Labute approximate surface area is 193 Å². The van der Waals surface area contributed by atoms with Crippen LogP contribution in [0.4, 0.5) is 0 Å². The number of benzene rings is 1. The lowest BCUT2D eigenvalue weighted by Gasteiger charge is -2.21. The molecule has 1 aliphatic rings. The number of nitrogens with one attached hydrogen (secondary N) is 3. The number of aliphatic hydroxyl groups is 1. The summed E-state index contributed by atoms with van der Waals surface area (Å²) in [5.41, 5.74) is 0. The molecule has 0 spiro atoms. The number of hydrogen-bond donors (Lipinski definition) is 4. The van der Waals surface area contributed by atoms with Crippen molar-refractivity contribution in [3.63, 3.8) is 0 Å². The number of aliphatic imine (C=N–C) groups is 1. The lowest BCUT2D eigenvalue weighted by molar-refractivity contribution is -0.125. The number of carbonyl (C=O) groups excluding carboxylic acids is 1. The van der Waals surface area contributed by atoms with Gasteiger partial charge >= 0.3 is 0 Å². The number of fused-ring (bicyclic) bond motifs is 1. The zero-order valence-corrected chi connectivity index (χ0v) is 20.0. The predicted molar refractivity (Wildman–Crippen MR) is 131 cm³/mol. The number of thiophene rings is 1. The van der Waals surface area contributed by atoms with Crippen molar-refractivity contribution in [2.45, 2.75) is 38.2 Å². The highest BCUT2D eigenvalue weighted by atomic mass is 127. The Hall–Kier alpha value is -1.39. The molecule has 1 saturated carbocycles. The average molecular weight is 530 g/mol. The summed E-state index contributed by atoms with van der Waals surface area (Å²) < 4.78 is 1.17. The quantitative estimate of drug-likeness (QED) is 0.191. The maximum atomic E-state index is 12.1. The van der Waals surface area contributed by atoms with Crippen molar-refractivity contribution < 1.29 is 9.90 Å². The van der Waals surface area contributed by atoms with Gasteiger partial charge < -0.3 is 21.1 Å². The van der Waals surface area contributed by atoms with Crippen LogP contribution in [0.15, 0.2) is 35.3 Å². The van der Waals surface area contributed by atoms with Crippen molar-refractivity contribution in [1.82, 2.24) is 16.0 Å². The molecule has 6 nitrogen and oxygen atoms in total. The topological polar surface area (TPSA) is 85.8 Å². The van der Waals surface area contributed by atoms with E-state index in [-0.39, 0.29) is 35.8 Å². The highest BCUT2D eigenvalue weighted by Gasteiger charge is 2.20. The summed E-state index contributed by atoms with van der Waals surface area (Å²) in [6.07, 6.45) is 5.00. The zero-order chi connectivity index (χ0) is 19.8. The smallest absolute Gasteiger partial charge is 0.223 e. The van der Waals surface area contributed by atoms with Crippen molar-refractivity contribution in [3.8, 4) is 0 Å². The van der Waals surface area contributed by atoms with Crippen LogP contribution in [0.2, 0.25) is 0 Å². The highest BCUT2D eigenvalue weighted by molar-refractivity contribution is 14.0. The van der Waals surface area contributed by atoms with Gasteiger partial charge in [0.25, 0.3) is 0 Å². The van der Waals surface area contributed by atoms with Gasteiger partial charge in [0.05, 0.1) is 0 Å². The summed E-state index contributed by atoms with van der Waals surface area (Å²) in [6, 6.07) is 10.2. The second-order valence-corrected chi connectivity index (χ2v) is 8.32. The van der Waals surface area contributed by atoms with Gasteiger partial charge in [-0.3, -0.25) is 9.79 Å². The van der Waals surface area contributed by atoms with E-state index < -0.39 is 6.10 Å². The van der Waals surface area contributed by atoms with Gasteiger partial charge in [0.15, 0.2) is 5.96 Å². The fourth-order valence-corrected chi connectivity index (χ4v) is 4.61. The third-order valence-electron chi connectivity index (χ3n) is 5.15. The summed E-state index contributed by atoms with van der Waals surface area (Å²) >= 11 is 1.61. The molecular weight excluding hydrogens is 499 g/mol. The van der Waals surface area contributed by atoms with E-state index in [1.54, 1.807) is 18.4 Å². The van der Waals surface area contributed by atoms with Gasteiger partial charge in [0.2, 0.25) is 5.91 Å². The molecule has 0 aliphatic heterocycles. The Morgan fingerprint density at radius 2 is 1.90 bits per heavy atom. The molecule has 1 aromatic heterocycles. The maximum absolute atomic E-state index is 12.1. The van der Waals surface area contributed by atoms with Crippen LogP contribution < -0.4 is 16.0 Å². The third kappa shape index (κ3) is 7.11. The standard InChI is InChI=1S/C21H30N4O2S.HI/c1-22-21(24-12-11-23-20(27)15-7-3-2-4-8-15)25-14-17(26)19-13-16-9-5-6-10-18(16)28-19;/h5-6,9-10,13,15,17,26H,2-4,7-8,11-12,14H2,1H3,(H,23,27)(H2,22,24,25);1H. The van der Waals surface area contributed by atoms with Crippen LogP contribution in [0.3, 0.4) is 0 Å². The van der Waals surface area contributed by atoms with Gasteiger partial charge in [-0.05, 0) is 30.4 Å². The molecule has 1 atom stereocenters. The highest BCUT2D eigenvalue weighted by Crippen LogP contribution is 2.29. The van der Waals surface area contributed by atoms with E-state index >= 15 is 0 Å². The first-order valence-electron chi connectivity index (χ1n) is 10.1. The van der Waals surface area contributed by atoms with Crippen molar-refractivity contribution in [3.05, 3.63) is 35.2 Å². The van der Waals surface area contributed by atoms with E-state index in [9.17, 15) is 9.90 Å². The Bertz CT molecular complexity index is 772. The summed E-state index contributed by atoms with van der Waals surface area (Å²) in [4.78, 5) is 17.3. The summed E-state index contributed by atoms with van der Waals surface area (Å²) in [6.45, 7) is 1.53. The molecule has 0 bridgehead atoms. The van der Waals surface area contributed by atoms with E-state index in [0.29, 0.717) is 25.6 Å². The van der Waals surface area contributed by atoms with Crippen LogP contribution in [-0.4, -0.2) is 43.7 Å². The van der Waals surface area contributed by atoms with Gasteiger partial charge in [-0.25, -0.2) is 0 Å². The fraction of sp³-hybridized carbons (Fsp3) is 0.524. The Balaban J connectivity index is 0.00000300. The number of rotatable bonds is 7. The molecule has 0 radical (unpaired) electrons. The molecule has 160 valence electrons. The molecule has 0 saturated heterocycles.